The first-order valence-corrected chi connectivity index (χ1v) is 5.91. The van der Waals surface area contributed by atoms with Crippen LogP contribution in [0, 0.1) is 0 Å². The lowest BCUT2D eigenvalue weighted by molar-refractivity contribution is 0.0692. The van der Waals surface area contributed by atoms with E-state index >= 15 is 0 Å². The summed E-state index contributed by atoms with van der Waals surface area (Å²) in [5, 5.41) is 27.4. The van der Waals surface area contributed by atoms with Crippen LogP contribution in [0.15, 0.2) is 18.2 Å². The molecule has 1 aromatic rings. The van der Waals surface area contributed by atoms with Crippen molar-refractivity contribution in [1.82, 2.24) is 4.90 Å². The average Bonchev–Trinajstić information content (AvgIpc) is 2.32. The summed E-state index contributed by atoms with van der Waals surface area (Å²) >= 11 is 0. The second-order valence-electron chi connectivity index (χ2n) is 4.37. The summed E-state index contributed by atoms with van der Waals surface area (Å²) in [6, 6.07) is 3.99. The van der Waals surface area contributed by atoms with Crippen molar-refractivity contribution >= 4 is 5.91 Å². The van der Waals surface area contributed by atoms with E-state index in [0.29, 0.717) is 18.5 Å². The lowest BCUT2D eigenvalue weighted by Gasteiger charge is -2.26. The fourth-order valence-electron chi connectivity index (χ4n) is 1.66. The van der Waals surface area contributed by atoms with E-state index in [-0.39, 0.29) is 30.1 Å². The summed E-state index contributed by atoms with van der Waals surface area (Å²) in [7, 11) is 0. The third-order valence-electron chi connectivity index (χ3n) is 2.66. The van der Waals surface area contributed by atoms with Gasteiger partial charge in [0.15, 0.2) is 11.5 Å². The van der Waals surface area contributed by atoms with Gasteiger partial charge >= 0.3 is 0 Å². The zero-order valence-corrected chi connectivity index (χ0v) is 10.6. The van der Waals surface area contributed by atoms with E-state index in [1.807, 2.05) is 13.8 Å². The van der Waals surface area contributed by atoms with Crippen molar-refractivity contribution in [3.8, 4) is 11.5 Å². The minimum absolute atomic E-state index is 0.00000378. The van der Waals surface area contributed by atoms with Gasteiger partial charge < -0.3 is 20.2 Å². The molecule has 0 saturated heterocycles. The number of aliphatic hydroxyl groups excluding tert-OH is 1. The zero-order valence-electron chi connectivity index (χ0n) is 10.6. The molecule has 1 aromatic carbocycles. The minimum Gasteiger partial charge on any atom is -0.504 e. The predicted octanol–water partition coefficient (Wildman–Crippen LogP) is 1.33. The molecule has 1 amide bonds. The molecule has 0 aliphatic heterocycles. The summed E-state index contributed by atoms with van der Waals surface area (Å²) in [5.41, 5.74) is 0.317. The van der Waals surface area contributed by atoms with E-state index in [1.54, 1.807) is 4.90 Å². The Morgan fingerprint density at radius 2 is 1.94 bits per heavy atom. The highest BCUT2D eigenvalue weighted by Crippen LogP contribution is 2.25. The highest BCUT2D eigenvalue weighted by Gasteiger charge is 2.19. The van der Waals surface area contributed by atoms with Gasteiger partial charge in [0, 0.05) is 24.8 Å². The monoisotopic (exact) mass is 253 g/mol. The smallest absolute Gasteiger partial charge is 0.254 e. The number of hydrogen-bond donors (Lipinski definition) is 3. The first-order chi connectivity index (χ1) is 8.47. The number of nitrogens with zero attached hydrogens (tertiary/aromatic N) is 1. The number of carbonyl (C=O) groups excluding carboxylic acids is 1. The molecule has 0 spiro atoms. The molecule has 0 fully saturated rings. The summed E-state index contributed by atoms with van der Waals surface area (Å²) in [5.74, 6) is -0.793. The normalized spacial score (nSPS) is 10.7. The molecule has 0 atom stereocenters. The second-order valence-corrected chi connectivity index (χ2v) is 4.37. The van der Waals surface area contributed by atoms with Crippen LogP contribution < -0.4 is 0 Å². The molecule has 100 valence electrons. The van der Waals surface area contributed by atoms with Crippen LogP contribution >= 0.6 is 0 Å². The van der Waals surface area contributed by atoms with Gasteiger partial charge in [0.05, 0.1) is 0 Å². The Hall–Kier alpha value is -1.75. The highest BCUT2D eigenvalue weighted by molar-refractivity contribution is 5.95. The van der Waals surface area contributed by atoms with Crippen LogP contribution in [-0.4, -0.2) is 45.3 Å². The molecule has 0 aliphatic carbocycles. The minimum atomic E-state index is -0.313. The van der Waals surface area contributed by atoms with Crippen molar-refractivity contribution in [2.75, 3.05) is 13.2 Å². The Balaban J connectivity index is 2.91. The lowest BCUT2D eigenvalue weighted by Crippen LogP contribution is -2.38. The van der Waals surface area contributed by atoms with Crippen LogP contribution in [0.2, 0.25) is 0 Å². The van der Waals surface area contributed by atoms with Gasteiger partial charge in [0.1, 0.15) is 0 Å². The van der Waals surface area contributed by atoms with Gasteiger partial charge in [0.25, 0.3) is 5.91 Å². The van der Waals surface area contributed by atoms with Gasteiger partial charge in [-0.15, -0.1) is 0 Å². The number of phenolic OH excluding ortho intramolecular Hbond substituents is 2. The first-order valence-electron chi connectivity index (χ1n) is 5.91. The molecule has 5 nitrogen and oxygen atoms in total. The molecule has 1 rings (SSSR count). The van der Waals surface area contributed by atoms with Gasteiger partial charge in [-0.3, -0.25) is 4.79 Å². The van der Waals surface area contributed by atoms with Gasteiger partial charge in [-0.1, -0.05) is 0 Å². The SMILES string of the molecule is CC(C)N(CCCO)C(=O)c1ccc(O)c(O)c1. The number of aliphatic hydroxyl groups is 1. The summed E-state index contributed by atoms with van der Waals surface area (Å²) in [6.07, 6.45) is 0.508. The van der Waals surface area contributed by atoms with Crippen molar-refractivity contribution < 1.29 is 20.1 Å². The van der Waals surface area contributed by atoms with E-state index in [0.717, 1.165) is 0 Å². The topological polar surface area (TPSA) is 81.0 Å². The summed E-state index contributed by atoms with van der Waals surface area (Å²) < 4.78 is 0. The van der Waals surface area contributed by atoms with E-state index in [9.17, 15) is 15.0 Å². The molecule has 0 bridgehead atoms. The van der Waals surface area contributed by atoms with Crippen LogP contribution in [0.25, 0.3) is 0 Å². The van der Waals surface area contributed by atoms with E-state index in [4.69, 9.17) is 5.11 Å². The Kier molecular flexibility index (Phi) is 4.97. The second kappa shape index (κ2) is 6.26. The number of amides is 1. The largest absolute Gasteiger partial charge is 0.504 e. The zero-order chi connectivity index (χ0) is 13.7. The van der Waals surface area contributed by atoms with Crippen LogP contribution in [-0.2, 0) is 0 Å². The van der Waals surface area contributed by atoms with E-state index < -0.39 is 0 Å². The third-order valence-corrected chi connectivity index (χ3v) is 2.66. The third kappa shape index (κ3) is 3.37. The van der Waals surface area contributed by atoms with Crippen molar-refractivity contribution in [2.24, 2.45) is 0 Å². The fraction of sp³-hybridized carbons (Fsp3) is 0.462. The Morgan fingerprint density at radius 1 is 1.28 bits per heavy atom. The number of aromatic hydroxyl groups is 2. The van der Waals surface area contributed by atoms with Crippen molar-refractivity contribution in [3.05, 3.63) is 23.8 Å². The Labute approximate surface area is 106 Å². The van der Waals surface area contributed by atoms with Crippen molar-refractivity contribution in [2.45, 2.75) is 26.3 Å². The molecule has 0 unspecified atom stereocenters. The fourth-order valence-corrected chi connectivity index (χ4v) is 1.66. The molecular weight excluding hydrogens is 234 g/mol. The molecular formula is C13H19NO4. The molecule has 18 heavy (non-hydrogen) atoms. The molecule has 0 aliphatic rings. The van der Waals surface area contributed by atoms with Crippen molar-refractivity contribution in [3.63, 3.8) is 0 Å². The quantitative estimate of drug-likeness (QED) is 0.691. The molecule has 0 heterocycles. The van der Waals surface area contributed by atoms with E-state index in [1.165, 1.54) is 18.2 Å². The van der Waals surface area contributed by atoms with Gasteiger partial charge in [0.2, 0.25) is 0 Å². The van der Waals surface area contributed by atoms with Crippen molar-refractivity contribution in [1.29, 1.82) is 0 Å². The van der Waals surface area contributed by atoms with Crippen LogP contribution in [0.1, 0.15) is 30.6 Å². The van der Waals surface area contributed by atoms with Gasteiger partial charge in [-0.05, 0) is 38.5 Å². The number of carbonyl (C=O) groups is 1. The van der Waals surface area contributed by atoms with Crippen LogP contribution in [0.4, 0.5) is 0 Å². The maximum atomic E-state index is 12.2. The maximum absolute atomic E-state index is 12.2. The molecule has 0 saturated carbocycles. The van der Waals surface area contributed by atoms with Crippen LogP contribution in [0.3, 0.4) is 0 Å². The van der Waals surface area contributed by atoms with Gasteiger partial charge in [-0.25, -0.2) is 0 Å². The molecule has 0 radical (unpaired) electrons. The Morgan fingerprint density at radius 3 is 2.44 bits per heavy atom. The lowest BCUT2D eigenvalue weighted by atomic mass is 10.1. The molecule has 5 heteroatoms. The highest BCUT2D eigenvalue weighted by atomic mass is 16.3. The molecule has 3 N–H and O–H groups in total. The van der Waals surface area contributed by atoms with Gasteiger partial charge in [-0.2, -0.15) is 0 Å². The molecule has 0 aromatic heterocycles. The number of benzene rings is 1. The average molecular weight is 253 g/mol. The summed E-state index contributed by atoms with van der Waals surface area (Å²) in [6.45, 7) is 4.25. The van der Waals surface area contributed by atoms with Crippen LogP contribution in [0.5, 0.6) is 11.5 Å². The number of rotatable bonds is 5. The predicted molar refractivity (Wildman–Crippen MR) is 67.6 cm³/mol. The number of hydrogen-bond acceptors (Lipinski definition) is 4. The first kappa shape index (κ1) is 14.3. The maximum Gasteiger partial charge on any atom is 0.254 e. The standard InChI is InChI=1S/C13H19NO4/c1-9(2)14(6-3-7-15)13(18)10-4-5-11(16)12(17)8-10/h4-5,8-9,15-17H,3,6-7H2,1-2H3. The number of phenols is 2. The Bertz CT molecular complexity index is 417. The van der Waals surface area contributed by atoms with E-state index in [2.05, 4.69) is 0 Å². The summed E-state index contributed by atoms with van der Waals surface area (Å²) in [4.78, 5) is 13.8.